The van der Waals surface area contributed by atoms with Crippen molar-refractivity contribution in [2.24, 2.45) is 0 Å². The van der Waals surface area contributed by atoms with Gasteiger partial charge in [-0.3, -0.25) is 14.2 Å². The van der Waals surface area contributed by atoms with E-state index in [0.29, 0.717) is 12.3 Å². The van der Waals surface area contributed by atoms with Gasteiger partial charge >= 0.3 is 0 Å². The highest BCUT2D eigenvalue weighted by atomic mass is 16.3. The zero-order chi connectivity index (χ0) is 27.8. The largest absolute Gasteiger partial charge is 0.451 e. The molecule has 0 aliphatic heterocycles. The average molecular weight is 537 g/mol. The van der Waals surface area contributed by atoms with Crippen molar-refractivity contribution in [3.8, 4) is 33.7 Å². The van der Waals surface area contributed by atoms with Gasteiger partial charge in [-0.2, -0.15) is 0 Å². The third-order valence-electron chi connectivity index (χ3n) is 7.08. The van der Waals surface area contributed by atoms with Crippen LogP contribution in [-0.2, 0) is 6.54 Å². The Morgan fingerprint density at radius 2 is 1.71 bits per heavy atom. The number of hydrogen-bond donors (Lipinski definition) is 1. The van der Waals surface area contributed by atoms with Gasteiger partial charge in [0.25, 0.3) is 5.91 Å². The Morgan fingerprint density at radius 3 is 2.51 bits per heavy atom. The first-order valence-corrected chi connectivity index (χ1v) is 13.2. The summed E-state index contributed by atoms with van der Waals surface area (Å²) in [6.07, 6.45) is 5.35. The van der Waals surface area contributed by atoms with E-state index in [2.05, 4.69) is 38.7 Å². The Morgan fingerprint density at radius 1 is 0.878 bits per heavy atom. The lowest BCUT2D eigenvalue weighted by molar-refractivity contribution is 0.0924. The van der Waals surface area contributed by atoms with Crippen molar-refractivity contribution in [1.82, 2.24) is 29.9 Å². The van der Waals surface area contributed by atoms with Crippen LogP contribution in [0.3, 0.4) is 0 Å². The van der Waals surface area contributed by atoms with E-state index >= 15 is 0 Å². The van der Waals surface area contributed by atoms with E-state index < -0.39 is 0 Å². The van der Waals surface area contributed by atoms with E-state index in [1.165, 1.54) is 0 Å². The molecule has 0 aliphatic carbocycles. The standard InChI is InChI=1S/C33H24N6O2/c1-21-37-38-32-27-18-26(23-6-3-2-4-7-23)31(36-28(27)15-17-39(21)32)24-11-9-22(10-12-24)19-35-33(40)30-14-13-29(41-30)25-8-5-16-34-20-25/h2-18,20H,19H2,1H3,(H,35,40). The summed E-state index contributed by atoms with van der Waals surface area (Å²) in [5, 5.41) is 12.5. The van der Waals surface area contributed by atoms with E-state index in [1.54, 1.807) is 24.5 Å². The first-order valence-electron chi connectivity index (χ1n) is 13.2. The number of nitrogens with one attached hydrogen (secondary N) is 1. The number of aromatic nitrogens is 5. The molecule has 0 aliphatic rings. The summed E-state index contributed by atoms with van der Waals surface area (Å²) in [6, 6.07) is 29.6. The fourth-order valence-electron chi connectivity index (χ4n) is 4.94. The molecule has 0 atom stereocenters. The number of rotatable bonds is 6. The third-order valence-corrected chi connectivity index (χ3v) is 7.08. The van der Waals surface area contributed by atoms with Gasteiger partial charge in [-0.25, -0.2) is 4.98 Å². The Hall–Kier alpha value is -5.63. The number of furan rings is 1. The molecule has 0 saturated carbocycles. The molecule has 8 heteroatoms. The van der Waals surface area contributed by atoms with Gasteiger partial charge in [0, 0.05) is 47.2 Å². The summed E-state index contributed by atoms with van der Waals surface area (Å²) in [7, 11) is 0. The molecule has 0 bridgehead atoms. The van der Waals surface area contributed by atoms with Crippen LogP contribution in [0.25, 0.3) is 50.3 Å². The highest BCUT2D eigenvalue weighted by Crippen LogP contribution is 2.34. The number of fused-ring (bicyclic) bond motifs is 3. The van der Waals surface area contributed by atoms with Gasteiger partial charge in [0.15, 0.2) is 11.4 Å². The highest BCUT2D eigenvalue weighted by Gasteiger charge is 2.16. The van der Waals surface area contributed by atoms with Crippen LogP contribution in [0.4, 0.5) is 0 Å². The van der Waals surface area contributed by atoms with Gasteiger partial charge in [-0.1, -0.05) is 54.6 Å². The fraction of sp³-hybridized carbons (Fsp3) is 0.0606. The van der Waals surface area contributed by atoms with Crippen LogP contribution in [0.15, 0.2) is 114 Å². The van der Waals surface area contributed by atoms with Crippen LogP contribution in [0.2, 0.25) is 0 Å². The van der Waals surface area contributed by atoms with Gasteiger partial charge < -0.3 is 9.73 Å². The lowest BCUT2D eigenvalue weighted by Crippen LogP contribution is -2.22. The van der Waals surface area contributed by atoms with Gasteiger partial charge in [0.2, 0.25) is 0 Å². The first-order chi connectivity index (χ1) is 20.1. The monoisotopic (exact) mass is 536 g/mol. The van der Waals surface area contributed by atoms with Crippen molar-refractivity contribution in [3.63, 3.8) is 0 Å². The predicted octanol–water partition coefficient (Wildman–Crippen LogP) is 6.50. The first kappa shape index (κ1) is 24.4. The van der Waals surface area contributed by atoms with E-state index in [4.69, 9.17) is 9.40 Å². The highest BCUT2D eigenvalue weighted by molar-refractivity contribution is 5.98. The summed E-state index contributed by atoms with van der Waals surface area (Å²) >= 11 is 0. The second-order valence-electron chi connectivity index (χ2n) is 9.73. The maximum Gasteiger partial charge on any atom is 0.287 e. The van der Waals surface area contributed by atoms with Crippen LogP contribution in [0.1, 0.15) is 21.9 Å². The molecule has 1 amide bonds. The van der Waals surface area contributed by atoms with Crippen LogP contribution >= 0.6 is 0 Å². The van der Waals surface area contributed by atoms with Crippen LogP contribution < -0.4 is 5.32 Å². The SMILES string of the molecule is Cc1nnc2c3cc(-c4ccccc4)c(-c4ccc(CNC(=O)c5ccc(-c6cccnc6)o5)cc4)nc3ccn12. The molecular formula is C33H24N6O2. The number of carbonyl (C=O) groups is 1. The molecule has 8 nitrogen and oxygen atoms in total. The number of aryl methyl sites for hydroxylation is 1. The quantitative estimate of drug-likeness (QED) is 0.260. The van der Waals surface area contributed by atoms with Gasteiger partial charge in [-0.15, -0.1) is 10.2 Å². The van der Waals surface area contributed by atoms with E-state index in [-0.39, 0.29) is 11.7 Å². The molecule has 5 aromatic heterocycles. The number of carbonyl (C=O) groups excluding carboxylic acids is 1. The maximum absolute atomic E-state index is 12.7. The smallest absolute Gasteiger partial charge is 0.287 e. The van der Waals surface area contributed by atoms with Gasteiger partial charge in [0.05, 0.1) is 11.2 Å². The topological polar surface area (TPSA) is 98.2 Å². The van der Waals surface area contributed by atoms with E-state index in [9.17, 15) is 4.79 Å². The summed E-state index contributed by atoms with van der Waals surface area (Å²) in [6.45, 7) is 2.30. The maximum atomic E-state index is 12.7. The Kier molecular flexibility index (Phi) is 6.05. The second kappa shape index (κ2) is 10.2. The Labute approximate surface area is 235 Å². The summed E-state index contributed by atoms with van der Waals surface area (Å²) in [4.78, 5) is 21.9. The minimum absolute atomic E-state index is 0.255. The number of benzene rings is 2. The summed E-state index contributed by atoms with van der Waals surface area (Å²) in [5.41, 5.74) is 7.34. The average Bonchev–Trinajstić information content (AvgIpc) is 3.68. The molecule has 2 aromatic carbocycles. The molecule has 5 heterocycles. The normalized spacial score (nSPS) is 11.2. The van der Waals surface area contributed by atoms with E-state index in [0.717, 1.165) is 55.9 Å². The summed E-state index contributed by atoms with van der Waals surface area (Å²) < 4.78 is 7.72. The molecule has 1 N–H and O–H groups in total. The molecule has 0 unspecified atom stereocenters. The summed E-state index contributed by atoms with van der Waals surface area (Å²) in [5.74, 6) is 1.41. The number of nitrogens with zero attached hydrogens (tertiary/aromatic N) is 5. The van der Waals surface area contributed by atoms with Gasteiger partial charge in [0.1, 0.15) is 11.6 Å². The van der Waals surface area contributed by atoms with Crippen molar-refractivity contribution < 1.29 is 9.21 Å². The molecule has 7 aromatic rings. The minimum atomic E-state index is -0.276. The lowest BCUT2D eigenvalue weighted by atomic mass is 9.97. The molecule has 0 radical (unpaired) electrons. The molecular weight excluding hydrogens is 512 g/mol. The Bertz CT molecular complexity index is 2010. The second-order valence-corrected chi connectivity index (χ2v) is 9.73. The van der Waals surface area contributed by atoms with Crippen molar-refractivity contribution >= 4 is 22.5 Å². The lowest BCUT2D eigenvalue weighted by Gasteiger charge is -2.13. The van der Waals surface area contributed by atoms with E-state index in [1.807, 2.05) is 78.2 Å². The van der Waals surface area contributed by atoms with Crippen LogP contribution in [0, 0.1) is 6.92 Å². The van der Waals surface area contributed by atoms with Crippen molar-refractivity contribution in [2.45, 2.75) is 13.5 Å². The van der Waals surface area contributed by atoms with Crippen LogP contribution in [0.5, 0.6) is 0 Å². The molecule has 198 valence electrons. The predicted molar refractivity (Wildman–Crippen MR) is 157 cm³/mol. The zero-order valence-electron chi connectivity index (χ0n) is 22.2. The third kappa shape index (κ3) is 4.61. The zero-order valence-corrected chi connectivity index (χ0v) is 22.2. The van der Waals surface area contributed by atoms with Gasteiger partial charge in [-0.05, 0) is 54.4 Å². The molecule has 7 rings (SSSR count). The van der Waals surface area contributed by atoms with Crippen molar-refractivity contribution in [3.05, 3.63) is 127 Å². The Balaban J connectivity index is 1.16. The minimum Gasteiger partial charge on any atom is -0.451 e. The fourth-order valence-corrected chi connectivity index (χ4v) is 4.94. The molecule has 0 fully saturated rings. The number of pyridine rings is 3. The van der Waals surface area contributed by atoms with Crippen LogP contribution in [-0.4, -0.2) is 30.5 Å². The molecule has 0 saturated heterocycles. The number of amides is 1. The molecule has 41 heavy (non-hydrogen) atoms. The van der Waals surface area contributed by atoms with Crippen molar-refractivity contribution in [1.29, 1.82) is 0 Å². The number of hydrogen-bond acceptors (Lipinski definition) is 6. The van der Waals surface area contributed by atoms with Crippen molar-refractivity contribution in [2.75, 3.05) is 0 Å². The molecule has 0 spiro atoms.